The standard InChI is InChI=1S/C15H22N2OS/c1-12-4-5-15(19-12)14(18)11-16-9-6-13(10-16)17-7-2-3-8-17/h4-5,13H,2-3,6-11H2,1H3. The first-order valence-electron chi connectivity index (χ1n) is 7.28. The molecule has 0 saturated carbocycles. The minimum atomic E-state index is 0.292. The average Bonchev–Trinajstić information content (AvgIpc) is 3.07. The number of ketones is 1. The van der Waals surface area contributed by atoms with Crippen molar-refractivity contribution < 1.29 is 4.79 Å². The highest BCUT2D eigenvalue weighted by atomic mass is 32.1. The van der Waals surface area contributed by atoms with E-state index < -0.39 is 0 Å². The second-order valence-electron chi connectivity index (χ2n) is 5.75. The van der Waals surface area contributed by atoms with E-state index in [4.69, 9.17) is 0 Å². The zero-order valence-electron chi connectivity index (χ0n) is 11.6. The van der Waals surface area contributed by atoms with E-state index in [0.717, 1.165) is 18.0 Å². The zero-order valence-corrected chi connectivity index (χ0v) is 12.4. The molecule has 1 atom stereocenters. The van der Waals surface area contributed by atoms with Crippen molar-refractivity contribution in [1.82, 2.24) is 9.80 Å². The van der Waals surface area contributed by atoms with Gasteiger partial charge in [0.1, 0.15) is 0 Å². The number of aryl methyl sites for hydroxylation is 1. The lowest BCUT2D eigenvalue weighted by Gasteiger charge is -2.23. The van der Waals surface area contributed by atoms with Crippen LogP contribution in [0.1, 0.15) is 33.8 Å². The molecule has 0 spiro atoms. The molecule has 4 heteroatoms. The van der Waals surface area contributed by atoms with Gasteiger partial charge in [0.05, 0.1) is 11.4 Å². The Morgan fingerprint density at radius 3 is 2.79 bits per heavy atom. The molecule has 1 unspecified atom stereocenters. The zero-order chi connectivity index (χ0) is 13.2. The fraction of sp³-hybridized carbons (Fsp3) is 0.667. The van der Waals surface area contributed by atoms with Crippen molar-refractivity contribution >= 4 is 17.1 Å². The van der Waals surface area contributed by atoms with Crippen molar-refractivity contribution in [1.29, 1.82) is 0 Å². The Labute approximate surface area is 119 Å². The van der Waals surface area contributed by atoms with Gasteiger partial charge in [-0.25, -0.2) is 0 Å². The number of rotatable bonds is 4. The summed E-state index contributed by atoms with van der Waals surface area (Å²) in [6, 6.07) is 4.70. The molecule has 3 nitrogen and oxygen atoms in total. The van der Waals surface area contributed by atoms with Gasteiger partial charge in [-0.2, -0.15) is 0 Å². The number of thiophene rings is 1. The van der Waals surface area contributed by atoms with Crippen molar-refractivity contribution in [3.8, 4) is 0 Å². The van der Waals surface area contributed by atoms with Crippen LogP contribution in [-0.2, 0) is 0 Å². The largest absolute Gasteiger partial charge is 0.299 e. The third-order valence-electron chi connectivity index (χ3n) is 4.29. The number of Topliss-reactive ketones (excluding diaryl/α,β-unsaturated/α-hetero) is 1. The lowest BCUT2D eigenvalue weighted by molar-refractivity contribution is 0.0944. The normalized spacial score (nSPS) is 25.2. The van der Waals surface area contributed by atoms with Crippen LogP contribution >= 0.6 is 11.3 Å². The lowest BCUT2D eigenvalue weighted by Crippen LogP contribution is -2.36. The Kier molecular flexibility index (Phi) is 4.01. The van der Waals surface area contributed by atoms with Crippen molar-refractivity contribution in [2.24, 2.45) is 0 Å². The Morgan fingerprint density at radius 1 is 1.32 bits per heavy atom. The van der Waals surface area contributed by atoms with Crippen LogP contribution in [0.25, 0.3) is 0 Å². The number of hydrogen-bond donors (Lipinski definition) is 0. The molecule has 3 heterocycles. The summed E-state index contributed by atoms with van der Waals surface area (Å²) in [7, 11) is 0. The van der Waals surface area contributed by atoms with E-state index in [-0.39, 0.29) is 0 Å². The van der Waals surface area contributed by atoms with Gasteiger partial charge in [-0.15, -0.1) is 11.3 Å². The molecule has 0 radical (unpaired) electrons. The number of nitrogens with zero attached hydrogens (tertiary/aromatic N) is 2. The smallest absolute Gasteiger partial charge is 0.186 e. The summed E-state index contributed by atoms with van der Waals surface area (Å²) in [5.41, 5.74) is 0. The second kappa shape index (κ2) is 5.73. The Hall–Kier alpha value is -0.710. The van der Waals surface area contributed by atoms with E-state index in [0.29, 0.717) is 18.4 Å². The highest BCUT2D eigenvalue weighted by Crippen LogP contribution is 2.21. The predicted octanol–water partition coefficient (Wildman–Crippen LogP) is 2.41. The molecule has 2 aliphatic rings. The van der Waals surface area contributed by atoms with Crippen molar-refractivity contribution in [2.75, 3.05) is 32.7 Å². The molecular formula is C15H22N2OS. The van der Waals surface area contributed by atoms with Crippen LogP contribution < -0.4 is 0 Å². The van der Waals surface area contributed by atoms with E-state index >= 15 is 0 Å². The van der Waals surface area contributed by atoms with Gasteiger partial charge in [0.25, 0.3) is 0 Å². The second-order valence-corrected chi connectivity index (χ2v) is 7.04. The fourth-order valence-corrected chi connectivity index (χ4v) is 4.02. The first-order valence-corrected chi connectivity index (χ1v) is 8.10. The molecule has 0 amide bonds. The molecule has 0 N–H and O–H groups in total. The lowest BCUT2D eigenvalue weighted by atomic mass is 10.2. The van der Waals surface area contributed by atoms with Crippen LogP contribution in [-0.4, -0.2) is 54.3 Å². The maximum absolute atomic E-state index is 12.2. The SMILES string of the molecule is Cc1ccc(C(=O)CN2CCC(N3CCCC3)C2)s1. The molecule has 1 aromatic rings. The van der Waals surface area contributed by atoms with Gasteiger partial charge in [0.15, 0.2) is 5.78 Å². The molecule has 19 heavy (non-hydrogen) atoms. The van der Waals surface area contributed by atoms with Crippen LogP contribution in [0.3, 0.4) is 0 Å². The molecule has 3 rings (SSSR count). The predicted molar refractivity (Wildman–Crippen MR) is 79.0 cm³/mol. The summed E-state index contributed by atoms with van der Waals surface area (Å²) in [6.45, 7) is 7.34. The van der Waals surface area contributed by atoms with Crippen LogP contribution in [0, 0.1) is 6.92 Å². The molecule has 0 aliphatic carbocycles. The number of hydrogen-bond acceptors (Lipinski definition) is 4. The van der Waals surface area contributed by atoms with Gasteiger partial charge in [-0.3, -0.25) is 14.6 Å². The number of likely N-dealkylation sites (tertiary alicyclic amines) is 2. The molecular weight excluding hydrogens is 256 g/mol. The summed E-state index contributed by atoms with van der Waals surface area (Å²) in [4.78, 5) is 19.3. The molecule has 1 aromatic heterocycles. The van der Waals surface area contributed by atoms with Gasteiger partial charge in [0, 0.05) is 24.0 Å². The maximum atomic E-state index is 12.2. The maximum Gasteiger partial charge on any atom is 0.186 e. The number of carbonyl (C=O) groups excluding carboxylic acids is 1. The average molecular weight is 278 g/mol. The van der Waals surface area contributed by atoms with Gasteiger partial charge in [0.2, 0.25) is 0 Å². The highest BCUT2D eigenvalue weighted by molar-refractivity contribution is 7.14. The van der Waals surface area contributed by atoms with Crippen LogP contribution in [0.5, 0.6) is 0 Å². The van der Waals surface area contributed by atoms with Crippen LogP contribution in [0.4, 0.5) is 0 Å². The summed E-state index contributed by atoms with van der Waals surface area (Å²) in [6.07, 6.45) is 3.94. The van der Waals surface area contributed by atoms with Gasteiger partial charge in [-0.1, -0.05) is 0 Å². The minimum absolute atomic E-state index is 0.292. The topological polar surface area (TPSA) is 23.6 Å². The van der Waals surface area contributed by atoms with Crippen molar-refractivity contribution in [3.05, 3.63) is 21.9 Å². The summed E-state index contributed by atoms with van der Waals surface area (Å²) < 4.78 is 0. The number of carbonyl (C=O) groups is 1. The van der Waals surface area contributed by atoms with E-state index in [1.165, 1.54) is 37.2 Å². The van der Waals surface area contributed by atoms with Crippen molar-refractivity contribution in [3.63, 3.8) is 0 Å². The summed E-state index contributed by atoms with van der Waals surface area (Å²) in [5.74, 6) is 0.292. The fourth-order valence-electron chi connectivity index (χ4n) is 3.23. The first-order chi connectivity index (χ1) is 9.22. The molecule has 2 fully saturated rings. The first kappa shape index (κ1) is 13.3. The Morgan fingerprint density at radius 2 is 2.11 bits per heavy atom. The molecule has 2 aliphatic heterocycles. The van der Waals surface area contributed by atoms with Gasteiger partial charge < -0.3 is 0 Å². The van der Waals surface area contributed by atoms with E-state index in [1.54, 1.807) is 11.3 Å². The quantitative estimate of drug-likeness (QED) is 0.790. The summed E-state index contributed by atoms with van der Waals surface area (Å²) in [5, 5.41) is 0. The molecule has 0 bridgehead atoms. The third-order valence-corrected chi connectivity index (χ3v) is 5.33. The molecule has 2 saturated heterocycles. The highest BCUT2D eigenvalue weighted by Gasteiger charge is 2.30. The Bertz CT molecular complexity index is 451. The van der Waals surface area contributed by atoms with Crippen LogP contribution in [0.2, 0.25) is 0 Å². The molecule has 0 aromatic carbocycles. The monoisotopic (exact) mass is 278 g/mol. The van der Waals surface area contributed by atoms with E-state index in [2.05, 4.69) is 16.7 Å². The third kappa shape index (κ3) is 3.07. The van der Waals surface area contributed by atoms with E-state index in [9.17, 15) is 4.79 Å². The Balaban J connectivity index is 1.52. The van der Waals surface area contributed by atoms with E-state index in [1.807, 2.05) is 12.1 Å². The van der Waals surface area contributed by atoms with Crippen LogP contribution in [0.15, 0.2) is 12.1 Å². The molecule has 104 valence electrons. The van der Waals surface area contributed by atoms with Gasteiger partial charge >= 0.3 is 0 Å². The minimum Gasteiger partial charge on any atom is -0.299 e. The summed E-state index contributed by atoms with van der Waals surface area (Å²) >= 11 is 1.62. The van der Waals surface area contributed by atoms with Gasteiger partial charge in [-0.05, 0) is 51.4 Å². The van der Waals surface area contributed by atoms with Crippen molar-refractivity contribution in [2.45, 2.75) is 32.2 Å².